The van der Waals surface area contributed by atoms with Crippen molar-refractivity contribution in [2.24, 2.45) is 5.92 Å². The summed E-state index contributed by atoms with van der Waals surface area (Å²) >= 11 is 5.74. The molecule has 0 heterocycles. The van der Waals surface area contributed by atoms with Crippen LogP contribution < -0.4 is 0 Å². The Hall–Kier alpha value is -0.760. The number of hydrogen-bond donors (Lipinski definition) is 0. The summed E-state index contributed by atoms with van der Waals surface area (Å²) in [5.74, 6) is -0.0701. The molecular formula is C9H11ClO2. The fraction of sp³-hybridized carbons (Fsp3) is 0.444. The maximum Gasteiger partial charge on any atom is 0.303 e. The van der Waals surface area contributed by atoms with Gasteiger partial charge in [-0.25, -0.2) is 0 Å². The molecule has 0 bridgehead atoms. The SMILES string of the molecule is CC(=O)OC1C=C(Cl)C=CC1C. The van der Waals surface area contributed by atoms with Crippen molar-refractivity contribution in [3.8, 4) is 0 Å². The minimum atomic E-state index is -0.275. The lowest BCUT2D eigenvalue weighted by Crippen LogP contribution is -2.22. The third-order valence-electron chi connectivity index (χ3n) is 1.70. The predicted octanol–water partition coefficient (Wildman–Crippen LogP) is 2.25. The highest BCUT2D eigenvalue weighted by Gasteiger charge is 2.18. The average Bonchev–Trinajstić information content (AvgIpc) is 1.96. The van der Waals surface area contributed by atoms with Crippen molar-refractivity contribution >= 4 is 17.6 Å². The molecule has 0 aromatic rings. The molecular weight excluding hydrogens is 176 g/mol. The first-order chi connectivity index (χ1) is 5.59. The number of carbonyl (C=O) groups excluding carboxylic acids is 1. The van der Waals surface area contributed by atoms with Crippen molar-refractivity contribution in [3.63, 3.8) is 0 Å². The van der Waals surface area contributed by atoms with Gasteiger partial charge < -0.3 is 4.74 Å². The molecule has 3 heteroatoms. The molecule has 1 rings (SSSR count). The van der Waals surface area contributed by atoms with Gasteiger partial charge in [0.2, 0.25) is 0 Å². The summed E-state index contributed by atoms with van der Waals surface area (Å²) in [6.45, 7) is 3.37. The van der Waals surface area contributed by atoms with Gasteiger partial charge in [-0.1, -0.05) is 24.6 Å². The molecule has 12 heavy (non-hydrogen) atoms. The molecule has 2 nitrogen and oxygen atoms in total. The number of esters is 1. The monoisotopic (exact) mass is 186 g/mol. The van der Waals surface area contributed by atoms with Gasteiger partial charge in [-0.15, -0.1) is 0 Å². The van der Waals surface area contributed by atoms with Crippen molar-refractivity contribution in [3.05, 3.63) is 23.3 Å². The van der Waals surface area contributed by atoms with Gasteiger partial charge in [-0.2, -0.15) is 0 Å². The van der Waals surface area contributed by atoms with Crippen molar-refractivity contribution in [1.29, 1.82) is 0 Å². The largest absolute Gasteiger partial charge is 0.458 e. The van der Waals surface area contributed by atoms with Crippen molar-refractivity contribution in [2.75, 3.05) is 0 Å². The van der Waals surface area contributed by atoms with E-state index in [0.717, 1.165) is 0 Å². The number of allylic oxidation sites excluding steroid dienone is 2. The summed E-state index contributed by atoms with van der Waals surface area (Å²) in [5, 5.41) is 0.624. The molecule has 0 aromatic heterocycles. The second kappa shape index (κ2) is 3.76. The van der Waals surface area contributed by atoms with Gasteiger partial charge >= 0.3 is 5.97 Å². The van der Waals surface area contributed by atoms with Gasteiger partial charge in [-0.3, -0.25) is 4.79 Å². The Labute approximate surface area is 76.9 Å². The predicted molar refractivity (Wildman–Crippen MR) is 47.8 cm³/mol. The van der Waals surface area contributed by atoms with Crippen molar-refractivity contribution in [2.45, 2.75) is 20.0 Å². The van der Waals surface area contributed by atoms with Gasteiger partial charge in [0, 0.05) is 17.9 Å². The molecule has 1 aliphatic rings. The smallest absolute Gasteiger partial charge is 0.303 e. The highest BCUT2D eigenvalue weighted by atomic mass is 35.5. The van der Waals surface area contributed by atoms with Crippen molar-refractivity contribution in [1.82, 2.24) is 0 Å². The minimum Gasteiger partial charge on any atom is -0.458 e. The van der Waals surface area contributed by atoms with E-state index in [1.54, 1.807) is 6.08 Å². The van der Waals surface area contributed by atoms with Crippen LogP contribution in [0, 0.1) is 5.92 Å². The van der Waals surface area contributed by atoms with Crippen LogP contribution in [0.15, 0.2) is 23.3 Å². The summed E-state index contributed by atoms with van der Waals surface area (Å²) in [6, 6.07) is 0. The van der Waals surface area contributed by atoms with Gasteiger partial charge in [0.1, 0.15) is 6.10 Å². The first-order valence-corrected chi connectivity index (χ1v) is 4.20. The van der Waals surface area contributed by atoms with Gasteiger partial charge in [0.15, 0.2) is 0 Å². The van der Waals surface area contributed by atoms with Crippen LogP contribution in [0.1, 0.15) is 13.8 Å². The summed E-state index contributed by atoms with van der Waals surface area (Å²) in [7, 11) is 0. The maximum absolute atomic E-state index is 10.6. The zero-order valence-electron chi connectivity index (χ0n) is 7.08. The fourth-order valence-corrected chi connectivity index (χ4v) is 1.25. The van der Waals surface area contributed by atoms with Crippen LogP contribution in [0.2, 0.25) is 0 Å². The maximum atomic E-state index is 10.6. The van der Waals surface area contributed by atoms with Crippen LogP contribution in [0.3, 0.4) is 0 Å². The highest BCUT2D eigenvalue weighted by Crippen LogP contribution is 2.21. The summed E-state index contributed by atoms with van der Waals surface area (Å²) in [5.41, 5.74) is 0. The third-order valence-corrected chi connectivity index (χ3v) is 1.95. The van der Waals surface area contributed by atoms with Crippen LogP contribution in [0.4, 0.5) is 0 Å². The Morgan fingerprint density at radius 1 is 1.67 bits per heavy atom. The fourth-order valence-electron chi connectivity index (χ4n) is 1.05. The minimum absolute atomic E-state index is 0.205. The molecule has 0 aliphatic heterocycles. The molecule has 0 radical (unpaired) electrons. The molecule has 0 saturated carbocycles. The van der Waals surface area contributed by atoms with Crippen LogP contribution in [-0.4, -0.2) is 12.1 Å². The van der Waals surface area contributed by atoms with Gasteiger partial charge in [-0.05, 0) is 12.2 Å². The summed E-state index contributed by atoms with van der Waals surface area (Å²) < 4.78 is 5.02. The number of ether oxygens (including phenoxy) is 1. The first-order valence-electron chi connectivity index (χ1n) is 3.82. The van der Waals surface area contributed by atoms with E-state index in [2.05, 4.69) is 0 Å². The molecule has 0 N–H and O–H groups in total. The number of hydrogen-bond acceptors (Lipinski definition) is 2. The standard InChI is InChI=1S/C9H11ClO2/c1-6-3-4-8(10)5-9(6)12-7(2)11/h3-6,9H,1-2H3. The molecule has 2 atom stereocenters. The van der Waals surface area contributed by atoms with Crippen LogP contribution in [-0.2, 0) is 9.53 Å². The third kappa shape index (κ3) is 2.38. The van der Waals surface area contributed by atoms with E-state index in [1.165, 1.54) is 6.92 Å². The topological polar surface area (TPSA) is 26.3 Å². The van der Waals surface area contributed by atoms with E-state index >= 15 is 0 Å². The number of halogens is 1. The highest BCUT2D eigenvalue weighted by molar-refractivity contribution is 6.31. The van der Waals surface area contributed by atoms with E-state index < -0.39 is 0 Å². The molecule has 0 saturated heterocycles. The molecule has 2 unspecified atom stereocenters. The Balaban J connectivity index is 2.64. The molecule has 0 amide bonds. The summed E-state index contributed by atoms with van der Waals surface area (Å²) in [4.78, 5) is 10.6. The van der Waals surface area contributed by atoms with E-state index in [0.29, 0.717) is 5.03 Å². The zero-order chi connectivity index (χ0) is 9.14. The molecule has 1 aliphatic carbocycles. The van der Waals surface area contributed by atoms with Gasteiger partial charge in [0.05, 0.1) is 0 Å². The van der Waals surface area contributed by atoms with Crippen molar-refractivity contribution < 1.29 is 9.53 Å². The Bertz CT molecular complexity index is 243. The Kier molecular flexibility index (Phi) is 2.93. The first kappa shape index (κ1) is 9.33. The molecule has 0 aromatic carbocycles. The number of rotatable bonds is 1. The Morgan fingerprint density at radius 3 is 2.92 bits per heavy atom. The molecule has 66 valence electrons. The van der Waals surface area contributed by atoms with E-state index in [1.807, 2.05) is 19.1 Å². The molecule has 0 spiro atoms. The second-order valence-corrected chi connectivity index (χ2v) is 3.28. The summed E-state index contributed by atoms with van der Waals surface area (Å²) in [6.07, 6.45) is 5.27. The Morgan fingerprint density at radius 2 is 2.33 bits per heavy atom. The lowest BCUT2D eigenvalue weighted by molar-refractivity contribution is -0.145. The lowest BCUT2D eigenvalue weighted by atomic mass is 10.00. The van der Waals surface area contributed by atoms with Crippen LogP contribution in [0.5, 0.6) is 0 Å². The lowest BCUT2D eigenvalue weighted by Gasteiger charge is -2.20. The van der Waals surface area contributed by atoms with E-state index in [4.69, 9.17) is 16.3 Å². The van der Waals surface area contributed by atoms with Gasteiger partial charge in [0.25, 0.3) is 0 Å². The normalized spacial score (nSPS) is 28.1. The zero-order valence-corrected chi connectivity index (χ0v) is 7.84. The van der Waals surface area contributed by atoms with Crippen LogP contribution >= 0.6 is 11.6 Å². The van der Waals surface area contributed by atoms with E-state index in [9.17, 15) is 4.79 Å². The molecule has 0 fully saturated rings. The average molecular weight is 187 g/mol. The second-order valence-electron chi connectivity index (χ2n) is 2.84. The van der Waals surface area contributed by atoms with E-state index in [-0.39, 0.29) is 18.0 Å². The number of carbonyl (C=O) groups is 1. The van der Waals surface area contributed by atoms with Crippen LogP contribution in [0.25, 0.3) is 0 Å². The quantitative estimate of drug-likeness (QED) is 0.588.